The molecule has 1 aliphatic heterocycles. The SMILES string of the molecule is O=C1OC(c2cccc(F)c2)=N/C1=C/c1ccc(OC(F)F)cc1. The van der Waals surface area contributed by atoms with E-state index < -0.39 is 18.4 Å². The van der Waals surface area contributed by atoms with Crippen molar-refractivity contribution in [3.63, 3.8) is 0 Å². The Bertz CT molecular complexity index is 829. The van der Waals surface area contributed by atoms with Crippen LogP contribution in [0.2, 0.25) is 0 Å². The summed E-state index contributed by atoms with van der Waals surface area (Å²) in [7, 11) is 0. The van der Waals surface area contributed by atoms with E-state index in [-0.39, 0.29) is 17.3 Å². The summed E-state index contributed by atoms with van der Waals surface area (Å²) in [4.78, 5) is 15.9. The topological polar surface area (TPSA) is 47.9 Å². The molecule has 24 heavy (non-hydrogen) atoms. The molecule has 0 aliphatic carbocycles. The average Bonchev–Trinajstić information content (AvgIpc) is 2.90. The molecule has 0 fully saturated rings. The van der Waals surface area contributed by atoms with E-state index in [9.17, 15) is 18.0 Å². The Balaban J connectivity index is 1.83. The van der Waals surface area contributed by atoms with E-state index in [1.54, 1.807) is 6.07 Å². The number of carbonyl (C=O) groups excluding carboxylic acids is 1. The van der Waals surface area contributed by atoms with E-state index >= 15 is 0 Å². The first kappa shape index (κ1) is 15.8. The lowest BCUT2D eigenvalue weighted by atomic mass is 10.2. The molecule has 0 amide bonds. The number of carbonyl (C=O) groups is 1. The summed E-state index contributed by atoms with van der Waals surface area (Å²) in [6.45, 7) is -2.91. The lowest BCUT2D eigenvalue weighted by Crippen LogP contribution is -2.05. The van der Waals surface area contributed by atoms with Gasteiger partial charge in [0, 0.05) is 5.56 Å². The van der Waals surface area contributed by atoms with Gasteiger partial charge in [-0.05, 0) is 42.0 Å². The Labute approximate surface area is 134 Å². The second kappa shape index (κ2) is 6.57. The Morgan fingerprint density at radius 3 is 2.54 bits per heavy atom. The number of benzene rings is 2. The fourth-order valence-electron chi connectivity index (χ4n) is 2.06. The molecule has 122 valence electrons. The number of hydrogen-bond acceptors (Lipinski definition) is 4. The minimum absolute atomic E-state index is 0.00315. The standard InChI is InChI=1S/C17H10F3NO3/c18-12-3-1-2-11(9-12)15-21-14(16(22)24-15)8-10-4-6-13(7-5-10)23-17(19)20/h1-9,17H/b14-8+. The number of alkyl halides is 2. The summed E-state index contributed by atoms with van der Waals surface area (Å²) < 4.78 is 46.7. The van der Waals surface area contributed by atoms with E-state index in [0.29, 0.717) is 11.1 Å². The van der Waals surface area contributed by atoms with Gasteiger partial charge in [-0.15, -0.1) is 0 Å². The zero-order chi connectivity index (χ0) is 17.1. The first-order chi connectivity index (χ1) is 11.5. The summed E-state index contributed by atoms with van der Waals surface area (Å²) in [5, 5.41) is 0. The van der Waals surface area contributed by atoms with Gasteiger partial charge >= 0.3 is 12.6 Å². The number of esters is 1. The van der Waals surface area contributed by atoms with Crippen LogP contribution in [0.5, 0.6) is 5.75 Å². The highest BCUT2D eigenvalue weighted by atomic mass is 19.3. The molecule has 0 saturated heterocycles. The van der Waals surface area contributed by atoms with Crippen molar-refractivity contribution in [1.82, 2.24) is 0 Å². The molecule has 0 N–H and O–H groups in total. The van der Waals surface area contributed by atoms with Crippen LogP contribution in [-0.4, -0.2) is 18.5 Å². The van der Waals surface area contributed by atoms with Crippen LogP contribution in [0.15, 0.2) is 59.2 Å². The number of nitrogens with zero attached hydrogens (tertiary/aromatic N) is 1. The molecule has 7 heteroatoms. The van der Waals surface area contributed by atoms with Crippen LogP contribution in [0.1, 0.15) is 11.1 Å². The summed E-state index contributed by atoms with van der Waals surface area (Å²) in [5.41, 5.74) is 0.914. The number of hydrogen-bond donors (Lipinski definition) is 0. The first-order valence-electron chi connectivity index (χ1n) is 6.84. The molecule has 0 atom stereocenters. The average molecular weight is 333 g/mol. The number of rotatable bonds is 4. The van der Waals surface area contributed by atoms with Gasteiger partial charge < -0.3 is 9.47 Å². The van der Waals surface area contributed by atoms with E-state index in [1.165, 1.54) is 48.5 Å². The second-order valence-electron chi connectivity index (χ2n) is 4.79. The van der Waals surface area contributed by atoms with Gasteiger partial charge in [0.05, 0.1) is 0 Å². The zero-order valence-electron chi connectivity index (χ0n) is 12.1. The van der Waals surface area contributed by atoms with Gasteiger partial charge in [0.25, 0.3) is 0 Å². The molecule has 1 heterocycles. The van der Waals surface area contributed by atoms with Crippen LogP contribution in [0.25, 0.3) is 6.08 Å². The van der Waals surface area contributed by atoms with Crippen LogP contribution in [-0.2, 0) is 9.53 Å². The smallest absolute Gasteiger partial charge is 0.387 e. The highest BCUT2D eigenvalue weighted by Gasteiger charge is 2.24. The van der Waals surface area contributed by atoms with Gasteiger partial charge in [-0.3, -0.25) is 0 Å². The van der Waals surface area contributed by atoms with Gasteiger partial charge in [0.1, 0.15) is 11.6 Å². The van der Waals surface area contributed by atoms with Crippen molar-refractivity contribution in [3.05, 3.63) is 71.2 Å². The molecule has 0 aromatic heterocycles. The predicted octanol–water partition coefficient (Wildman–Crippen LogP) is 3.77. The maximum absolute atomic E-state index is 13.2. The Morgan fingerprint density at radius 2 is 1.88 bits per heavy atom. The molecule has 0 spiro atoms. The Hall–Kier alpha value is -3.09. The third-order valence-corrected chi connectivity index (χ3v) is 3.10. The van der Waals surface area contributed by atoms with E-state index in [4.69, 9.17) is 4.74 Å². The van der Waals surface area contributed by atoms with Crippen LogP contribution < -0.4 is 4.74 Å². The maximum atomic E-state index is 13.2. The summed E-state index contributed by atoms with van der Waals surface area (Å²) in [6, 6.07) is 11.2. The number of cyclic esters (lactones) is 1. The van der Waals surface area contributed by atoms with Gasteiger partial charge in [0.2, 0.25) is 5.90 Å². The van der Waals surface area contributed by atoms with Crippen molar-refractivity contribution >= 4 is 17.9 Å². The predicted molar refractivity (Wildman–Crippen MR) is 80.1 cm³/mol. The zero-order valence-corrected chi connectivity index (χ0v) is 12.1. The second-order valence-corrected chi connectivity index (χ2v) is 4.79. The Morgan fingerprint density at radius 1 is 1.12 bits per heavy atom. The first-order valence-corrected chi connectivity index (χ1v) is 6.84. The van der Waals surface area contributed by atoms with E-state index in [1.807, 2.05) is 0 Å². The molecule has 0 bridgehead atoms. The normalized spacial score (nSPS) is 15.6. The molecule has 3 rings (SSSR count). The third-order valence-electron chi connectivity index (χ3n) is 3.10. The van der Waals surface area contributed by atoms with Crippen molar-refractivity contribution in [1.29, 1.82) is 0 Å². The third kappa shape index (κ3) is 3.62. The van der Waals surface area contributed by atoms with Crippen LogP contribution >= 0.6 is 0 Å². The highest BCUT2D eigenvalue weighted by Crippen LogP contribution is 2.21. The summed E-state index contributed by atoms with van der Waals surface area (Å²) in [5.74, 6) is -1.14. The number of halogens is 3. The van der Waals surface area contributed by atoms with E-state index in [0.717, 1.165) is 0 Å². The van der Waals surface area contributed by atoms with Crippen molar-refractivity contribution in [2.24, 2.45) is 4.99 Å². The monoisotopic (exact) mass is 333 g/mol. The van der Waals surface area contributed by atoms with Crippen LogP contribution in [0.4, 0.5) is 13.2 Å². The lowest BCUT2D eigenvalue weighted by Gasteiger charge is -2.03. The summed E-state index contributed by atoms with van der Waals surface area (Å²) in [6.07, 6.45) is 1.43. The minimum atomic E-state index is -2.91. The molecule has 2 aromatic rings. The summed E-state index contributed by atoms with van der Waals surface area (Å²) >= 11 is 0. The highest BCUT2D eigenvalue weighted by molar-refractivity contribution is 6.12. The fraction of sp³-hybridized carbons (Fsp3) is 0.0588. The number of ether oxygens (including phenoxy) is 2. The maximum Gasteiger partial charge on any atom is 0.387 e. The van der Waals surface area contributed by atoms with Crippen molar-refractivity contribution < 1.29 is 27.4 Å². The van der Waals surface area contributed by atoms with Crippen molar-refractivity contribution in [3.8, 4) is 5.75 Å². The van der Waals surface area contributed by atoms with Crippen molar-refractivity contribution in [2.45, 2.75) is 6.61 Å². The van der Waals surface area contributed by atoms with E-state index in [2.05, 4.69) is 9.73 Å². The lowest BCUT2D eigenvalue weighted by molar-refractivity contribution is -0.129. The van der Waals surface area contributed by atoms with Gasteiger partial charge in [-0.25, -0.2) is 14.2 Å². The van der Waals surface area contributed by atoms with Crippen LogP contribution in [0.3, 0.4) is 0 Å². The van der Waals surface area contributed by atoms with Crippen molar-refractivity contribution in [2.75, 3.05) is 0 Å². The molecule has 4 nitrogen and oxygen atoms in total. The van der Waals surface area contributed by atoms with Gasteiger partial charge in [-0.2, -0.15) is 8.78 Å². The molecule has 0 radical (unpaired) electrons. The Kier molecular flexibility index (Phi) is 4.33. The molecular formula is C17H10F3NO3. The van der Waals surface area contributed by atoms with Gasteiger partial charge in [0.15, 0.2) is 5.70 Å². The number of aliphatic imine (C=N–C) groups is 1. The van der Waals surface area contributed by atoms with Crippen LogP contribution in [0, 0.1) is 5.82 Å². The molecule has 1 aliphatic rings. The van der Waals surface area contributed by atoms with Gasteiger partial charge in [-0.1, -0.05) is 18.2 Å². The quantitative estimate of drug-likeness (QED) is 0.632. The molecule has 0 saturated carbocycles. The minimum Gasteiger partial charge on any atom is -0.435 e. The fourth-order valence-corrected chi connectivity index (χ4v) is 2.06. The largest absolute Gasteiger partial charge is 0.435 e. The molecular weight excluding hydrogens is 323 g/mol. The molecule has 0 unspecified atom stereocenters. The molecule has 2 aromatic carbocycles.